The van der Waals surface area contributed by atoms with Crippen molar-refractivity contribution in [2.45, 2.75) is 31.4 Å². The van der Waals surface area contributed by atoms with Gasteiger partial charge in [0.1, 0.15) is 5.60 Å². The van der Waals surface area contributed by atoms with Gasteiger partial charge in [0.05, 0.1) is 6.04 Å². The van der Waals surface area contributed by atoms with E-state index in [-0.39, 0.29) is 11.9 Å². The Morgan fingerprint density at radius 2 is 1.95 bits per heavy atom. The highest BCUT2D eigenvalue weighted by Gasteiger charge is 2.40. The topological polar surface area (TPSA) is 50.4 Å². The lowest BCUT2D eigenvalue weighted by Crippen LogP contribution is -2.54. The Morgan fingerprint density at radius 1 is 1.32 bits per heavy atom. The van der Waals surface area contributed by atoms with Crippen molar-refractivity contribution in [2.75, 3.05) is 20.2 Å². The van der Waals surface area contributed by atoms with Gasteiger partial charge in [-0.3, -0.25) is 4.79 Å². The number of nitrogens with one attached hydrogen (secondary N) is 2. The Balaban J connectivity index is 2.03. The molecule has 0 radical (unpaired) electrons. The summed E-state index contributed by atoms with van der Waals surface area (Å²) in [6.07, 6.45) is 1.44. The molecule has 4 nitrogen and oxygen atoms in total. The van der Waals surface area contributed by atoms with Gasteiger partial charge in [0.25, 0.3) is 5.91 Å². The van der Waals surface area contributed by atoms with Gasteiger partial charge in [0, 0.05) is 7.11 Å². The molecule has 0 saturated carbocycles. The van der Waals surface area contributed by atoms with Crippen molar-refractivity contribution in [2.24, 2.45) is 0 Å². The van der Waals surface area contributed by atoms with Gasteiger partial charge >= 0.3 is 0 Å². The van der Waals surface area contributed by atoms with Crippen LogP contribution >= 0.6 is 0 Å². The number of carbonyl (C=O) groups excluding carboxylic acids is 1. The molecule has 104 valence electrons. The summed E-state index contributed by atoms with van der Waals surface area (Å²) in [6, 6.07) is 9.97. The van der Waals surface area contributed by atoms with Crippen LogP contribution in [0.4, 0.5) is 0 Å². The maximum absolute atomic E-state index is 12.5. The third-order valence-corrected chi connectivity index (χ3v) is 3.86. The zero-order valence-corrected chi connectivity index (χ0v) is 11.6. The number of carbonyl (C=O) groups is 1. The van der Waals surface area contributed by atoms with E-state index in [0.717, 1.165) is 31.5 Å². The summed E-state index contributed by atoms with van der Waals surface area (Å²) in [5.74, 6) is -0.00662. The summed E-state index contributed by atoms with van der Waals surface area (Å²) in [7, 11) is 1.62. The van der Waals surface area contributed by atoms with Crippen molar-refractivity contribution in [1.82, 2.24) is 10.6 Å². The number of amides is 1. The molecule has 0 unspecified atom stereocenters. The van der Waals surface area contributed by atoms with E-state index in [4.69, 9.17) is 4.74 Å². The summed E-state index contributed by atoms with van der Waals surface area (Å²) in [6.45, 7) is 3.64. The van der Waals surface area contributed by atoms with Gasteiger partial charge in [-0.05, 0) is 38.4 Å². The molecule has 1 aromatic rings. The Morgan fingerprint density at radius 3 is 2.53 bits per heavy atom. The van der Waals surface area contributed by atoms with Gasteiger partial charge in [0.2, 0.25) is 0 Å². The zero-order chi connectivity index (χ0) is 13.7. The number of ether oxygens (including phenoxy) is 1. The smallest absolute Gasteiger partial charge is 0.252 e. The highest BCUT2D eigenvalue weighted by atomic mass is 16.5. The van der Waals surface area contributed by atoms with Crippen LogP contribution in [0.15, 0.2) is 30.3 Å². The summed E-state index contributed by atoms with van der Waals surface area (Å²) < 4.78 is 5.53. The lowest BCUT2D eigenvalue weighted by atomic mass is 9.90. The number of hydrogen-bond donors (Lipinski definition) is 2. The standard InChI is InChI=1S/C15H22N2O2/c1-12(13-6-4-3-5-7-13)17-14(18)15(19-2)8-10-16-11-9-15/h3-7,12,16H,8-11H2,1-2H3,(H,17,18)/t12-/m1/s1. The number of piperidine rings is 1. The first-order valence-corrected chi connectivity index (χ1v) is 6.80. The van der Waals surface area contributed by atoms with Gasteiger partial charge in [0.15, 0.2) is 0 Å². The van der Waals surface area contributed by atoms with Crippen LogP contribution in [0.3, 0.4) is 0 Å². The van der Waals surface area contributed by atoms with E-state index in [0.29, 0.717) is 0 Å². The minimum absolute atomic E-state index is 0.00406. The van der Waals surface area contributed by atoms with E-state index in [1.807, 2.05) is 37.3 Å². The number of hydrogen-bond acceptors (Lipinski definition) is 3. The highest BCUT2D eigenvalue weighted by Crippen LogP contribution is 2.24. The summed E-state index contributed by atoms with van der Waals surface area (Å²) in [5.41, 5.74) is 0.435. The van der Waals surface area contributed by atoms with E-state index in [9.17, 15) is 4.79 Å². The lowest BCUT2D eigenvalue weighted by molar-refractivity contribution is -0.147. The van der Waals surface area contributed by atoms with E-state index in [1.165, 1.54) is 0 Å². The van der Waals surface area contributed by atoms with Crippen LogP contribution in [-0.4, -0.2) is 31.7 Å². The van der Waals surface area contributed by atoms with Crippen molar-refractivity contribution in [3.05, 3.63) is 35.9 Å². The fourth-order valence-corrected chi connectivity index (χ4v) is 2.51. The van der Waals surface area contributed by atoms with Crippen LogP contribution in [-0.2, 0) is 9.53 Å². The summed E-state index contributed by atoms with van der Waals surface area (Å²) in [4.78, 5) is 12.5. The second-order valence-corrected chi connectivity index (χ2v) is 5.05. The van der Waals surface area contributed by atoms with Crippen molar-refractivity contribution in [1.29, 1.82) is 0 Å². The van der Waals surface area contributed by atoms with Crippen molar-refractivity contribution >= 4 is 5.91 Å². The molecule has 19 heavy (non-hydrogen) atoms. The Labute approximate surface area is 114 Å². The Bertz CT molecular complexity index is 413. The molecule has 1 aliphatic heterocycles. The predicted molar refractivity (Wildman–Crippen MR) is 74.8 cm³/mol. The SMILES string of the molecule is COC1(C(=O)N[C@H](C)c2ccccc2)CCNCC1. The molecule has 1 aliphatic rings. The Kier molecular flexibility index (Phi) is 4.56. The lowest BCUT2D eigenvalue weighted by Gasteiger charge is -2.35. The van der Waals surface area contributed by atoms with Gasteiger partial charge < -0.3 is 15.4 Å². The maximum Gasteiger partial charge on any atom is 0.252 e. The minimum Gasteiger partial charge on any atom is -0.368 e. The normalized spacial score (nSPS) is 19.7. The first kappa shape index (κ1) is 14.0. The van der Waals surface area contributed by atoms with Crippen LogP contribution in [0, 0.1) is 0 Å². The monoisotopic (exact) mass is 262 g/mol. The molecule has 0 spiro atoms. The largest absolute Gasteiger partial charge is 0.368 e. The molecule has 2 N–H and O–H groups in total. The maximum atomic E-state index is 12.5. The summed E-state index contributed by atoms with van der Waals surface area (Å²) >= 11 is 0. The van der Waals surface area contributed by atoms with E-state index in [1.54, 1.807) is 7.11 Å². The molecule has 1 heterocycles. The fourth-order valence-electron chi connectivity index (χ4n) is 2.51. The first-order valence-electron chi connectivity index (χ1n) is 6.80. The van der Waals surface area contributed by atoms with Crippen LogP contribution in [0.5, 0.6) is 0 Å². The van der Waals surface area contributed by atoms with Gasteiger partial charge in [-0.2, -0.15) is 0 Å². The molecular formula is C15H22N2O2. The second kappa shape index (κ2) is 6.17. The zero-order valence-electron chi connectivity index (χ0n) is 11.6. The molecule has 0 aliphatic carbocycles. The third-order valence-electron chi connectivity index (χ3n) is 3.86. The average molecular weight is 262 g/mol. The van der Waals surface area contributed by atoms with Gasteiger partial charge in [-0.15, -0.1) is 0 Å². The number of methoxy groups -OCH3 is 1. The minimum atomic E-state index is -0.672. The van der Waals surface area contributed by atoms with Gasteiger partial charge in [-0.25, -0.2) is 0 Å². The van der Waals surface area contributed by atoms with Crippen molar-refractivity contribution < 1.29 is 9.53 Å². The molecular weight excluding hydrogens is 240 g/mol. The predicted octanol–water partition coefficient (Wildman–Crippen LogP) is 1.63. The van der Waals surface area contributed by atoms with Gasteiger partial charge in [-0.1, -0.05) is 30.3 Å². The molecule has 0 bridgehead atoms. The highest BCUT2D eigenvalue weighted by molar-refractivity contribution is 5.85. The molecule has 1 atom stereocenters. The molecule has 1 amide bonds. The first-order chi connectivity index (χ1) is 9.18. The fraction of sp³-hybridized carbons (Fsp3) is 0.533. The Hall–Kier alpha value is -1.39. The van der Waals surface area contributed by atoms with E-state index < -0.39 is 5.60 Å². The molecule has 2 rings (SSSR count). The van der Waals surface area contributed by atoms with E-state index in [2.05, 4.69) is 10.6 Å². The van der Waals surface area contributed by atoms with E-state index >= 15 is 0 Å². The average Bonchev–Trinajstić information content (AvgIpc) is 2.48. The van der Waals surface area contributed by atoms with Crippen molar-refractivity contribution in [3.63, 3.8) is 0 Å². The van der Waals surface area contributed by atoms with Crippen LogP contribution < -0.4 is 10.6 Å². The molecule has 1 fully saturated rings. The molecule has 1 saturated heterocycles. The third kappa shape index (κ3) is 3.14. The number of benzene rings is 1. The quantitative estimate of drug-likeness (QED) is 0.867. The van der Waals surface area contributed by atoms with Crippen molar-refractivity contribution in [3.8, 4) is 0 Å². The summed E-state index contributed by atoms with van der Waals surface area (Å²) in [5, 5.41) is 6.32. The number of rotatable bonds is 4. The molecule has 0 aromatic heterocycles. The molecule has 4 heteroatoms. The molecule has 1 aromatic carbocycles. The van der Waals surface area contributed by atoms with Crippen LogP contribution in [0.25, 0.3) is 0 Å². The van der Waals surface area contributed by atoms with Crippen LogP contribution in [0.1, 0.15) is 31.4 Å². The second-order valence-electron chi connectivity index (χ2n) is 5.05. The van der Waals surface area contributed by atoms with Crippen LogP contribution in [0.2, 0.25) is 0 Å².